The van der Waals surface area contributed by atoms with E-state index in [2.05, 4.69) is 12.1 Å². The zero-order chi connectivity index (χ0) is 17.5. The second kappa shape index (κ2) is 9.00. The minimum atomic E-state index is -0.111. The summed E-state index contributed by atoms with van der Waals surface area (Å²) in [6.45, 7) is 2.42. The summed E-state index contributed by atoms with van der Waals surface area (Å²) in [4.78, 5) is 14.3. The molecule has 5 heteroatoms. The predicted molar refractivity (Wildman–Crippen MR) is 102 cm³/mol. The van der Waals surface area contributed by atoms with Crippen LogP contribution in [0.2, 0.25) is 5.02 Å². The van der Waals surface area contributed by atoms with E-state index in [1.165, 1.54) is 5.56 Å². The average molecular weight is 364 g/mol. The monoisotopic (exact) mass is 363 g/mol. The van der Waals surface area contributed by atoms with E-state index < -0.39 is 0 Å². The molecule has 0 bridgehead atoms. The van der Waals surface area contributed by atoms with Crippen molar-refractivity contribution in [1.82, 2.24) is 4.90 Å². The lowest BCUT2D eigenvalue weighted by Crippen LogP contribution is -2.33. The van der Waals surface area contributed by atoms with Gasteiger partial charge in [0.2, 0.25) is 5.91 Å². The van der Waals surface area contributed by atoms with Gasteiger partial charge in [-0.1, -0.05) is 41.9 Å². The molecule has 2 aromatic carbocycles. The van der Waals surface area contributed by atoms with Gasteiger partial charge >= 0.3 is 0 Å². The largest absolute Gasteiger partial charge is 0.496 e. The molecule has 0 aliphatic rings. The summed E-state index contributed by atoms with van der Waals surface area (Å²) in [7, 11) is 3.43. The zero-order valence-electron chi connectivity index (χ0n) is 14.2. The molecule has 2 aromatic rings. The van der Waals surface area contributed by atoms with Gasteiger partial charge in [-0.25, -0.2) is 0 Å². The van der Waals surface area contributed by atoms with Gasteiger partial charge in [-0.3, -0.25) is 4.79 Å². The van der Waals surface area contributed by atoms with Crippen LogP contribution in [0, 0.1) is 0 Å². The smallest absolute Gasteiger partial charge is 0.235 e. The molecule has 1 unspecified atom stereocenters. The normalized spacial score (nSPS) is 11.8. The van der Waals surface area contributed by atoms with E-state index >= 15 is 0 Å². The maximum absolute atomic E-state index is 12.6. The standard InChI is InChI=1S/C19H22ClNO2S/c1-14(24-13-15-7-5-4-6-8-15)19(22)21(2)12-16-11-17(20)9-10-18(16)23-3/h4-11,14H,12-13H2,1-3H3. The summed E-state index contributed by atoms with van der Waals surface area (Å²) >= 11 is 7.69. The Morgan fingerprint density at radius 2 is 1.96 bits per heavy atom. The number of ether oxygens (including phenoxy) is 1. The van der Waals surface area contributed by atoms with E-state index in [1.54, 1.807) is 29.8 Å². The minimum Gasteiger partial charge on any atom is -0.496 e. The van der Waals surface area contributed by atoms with Crippen molar-refractivity contribution in [3.8, 4) is 5.75 Å². The predicted octanol–water partition coefficient (Wildman–Crippen LogP) is 4.63. The van der Waals surface area contributed by atoms with Gasteiger partial charge in [-0.05, 0) is 30.7 Å². The summed E-state index contributed by atoms with van der Waals surface area (Å²) in [5, 5.41) is 0.526. The Balaban J connectivity index is 1.95. The number of amides is 1. The summed E-state index contributed by atoms with van der Waals surface area (Å²) < 4.78 is 5.34. The quantitative estimate of drug-likeness (QED) is 0.718. The molecular formula is C19H22ClNO2S. The van der Waals surface area contributed by atoms with Gasteiger partial charge in [0.1, 0.15) is 5.75 Å². The first-order chi connectivity index (χ1) is 11.5. The fourth-order valence-electron chi connectivity index (χ4n) is 2.38. The highest BCUT2D eigenvalue weighted by Crippen LogP contribution is 2.25. The zero-order valence-corrected chi connectivity index (χ0v) is 15.7. The van der Waals surface area contributed by atoms with E-state index in [-0.39, 0.29) is 11.2 Å². The van der Waals surface area contributed by atoms with Gasteiger partial charge in [0.05, 0.1) is 12.4 Å². The number of methoxy groups -OCH3 is 1. The summed E-state index contributed by atoms with van der Waals surface area (Å²) in [6.07, 6.45) is 0. The van der Waals surface area contributed by atoms with Crippen LogP contribution in [0.4, 0.5) is 0 Å². The molecular weight excluding hydrogens is 342 g/mol. The van der Waals surface area contributed by atoms with Crippen LogP contribution in [0.5, 0.6) is 5.75 Å². The van der Waals surface area contributed by atoms with Gasteiger partial charge < -0.3 is 9.64 Å². The van der Waals surface area contributed by atoms with Crippen LogP contribution in [0.1, 0.15) is 18.1 Å². The first kappa shape index (κ1) is 18.7. The highest BCUT2D eigenvalue weighted by atomic mass is 35.5. The van der Waals surface area contributed by atoms with E-state index in [0.717, 1.165) is 17.1 Å². The van der Waals surface area contributed by atoms with Crippen molar-refractivity contribution in [3.05, 3.63) is 64.7 Å². The van der Waals surface area contributed by atoms with Crippen molar-refractivity contribution in [2.75, 3.05) is 14.2 Å². The number of rotatable bonds is 7. The molecule has 0 heterocycles. The number of carbonyl (C=O) groups is 1. The Kier molecular flexibility index (Phi) is 7.00. The maximum atomic E-state index is 12.6. The summed E-state index contributed by atoms with van der Waals surface area (Å²) in [5.41, 5.74) is 2.13. The molecule has 0 aromatic heterocycles. The van der Waals surface area contributed by atoms with Crippen LogP contribution < -0.4 is 4.74 Å². The number of thioether (sulfide) groups is 1. The third-order valence-electron chi connectivity index (χ3n) is 3.72. The molecule has 0 spiro atoms. The van der Waals surface area contributed by atoms with Gasteiger partial charge in [-0.15, -0.1) is 11.8 Å². The SMILES string of the molecule is COc1ccc(Cl)cc1CN(C)C(=O)C(C)SCc1ccccc1. The van der Waals surface area contributed by atoms with E-state index in [0.29, 0.717) is 11.6 Å². The summed E-state index contributed by atoms with van der Waals surface area (Å²) in [5.74, 6) is 1.66. The molecule has 0 aliphatic heterocycles. The number of hydrogen-bond acceptors (Lipinski definition) is 3. The molecule has 1 atom stereocenters. The van der Waals surface area contributed by atoms with Gasteiger partial charge in [0.15, 0.2) is 0 Å². The van der Waals surface area contributed by atoms with Crippen LogP contribution in [-0.4, -0.2) is 30.2 Å². The molecule has 24 heavy (non-hydrogen) atoms. The molecule has 128 valence electrons. The van der Waals surface area contributed by atoms with Crippen LogP contribution >= 0.6 is 23.4 Å². The number of nitrogens with zero attached hydrogens (tertiary/aromatic N) is 1. The fraction of sp³-hybridized carbons (Fsp3) is 0.316. The lowest BCUT2D eigenvalue weighted by molar-refractivity contribution is -0.129. The van der Waals surface area contributed by atoms with Crippen molar-refractivity contribution >= 4 is 29.3 Å². The first-order valence-electron chi connectivity index (χ1n) is 7.74. The second-order valence-electron chi connectivity index (χ2n) is 5.59. The van der Waals surface area contributed by atoms with Gasteiger partial charge in [-0.2, -0.15) is 0 Å². The maximum Gasteiger partial charge on any atom is 0.235 e. The highest BCUT2D eigenvalue weighted by Gasteiger charge is 2.19. The van der Waals surface area contributed by atoms with Crippen molar-refractivity contribution in [3.63, 3.8) is 0 Å². The van der Waals surface area contributed by atoms with E-state index in [1.807, 2.05) is 44.3 Å². The Hall–Kier alpha value is -1.65. The molecule has 0 saturated carbocycles. The Bertz CT molecular complexity index is 678. The van der Waals surface area contributed by atoms with Gasteiger partial charge in [0.25, 0.3) is 0 Å². The fourth-order valence-corrected chi connectivity index (χ4v) is 3.53. The molecule has 2 rings (SSSR count). The second-order valence-corrected chi connectivity index (χ2v) is 7.35. The molecule has 3 nitrogen and oxygen atoms in total. The number of carbonyl (C=O) groups excluding carboxylic acids is 1. The number of hydrogen-bond donors (Lipinski definition) is 0. The molecule has 0 saturated heterocycles. The van der Waals surface area contributed by atoms with Gasteiger partial charge in [0, 0.05) is 29.9 Å². The number of halogens is 1. The van der Waals surface area contributed by atoms with Crippen LogP contribution in [0.3, 0.4) is 0 Å². The lowest BCUT2D eigenvalue weighted by atomic mass is 10.2. The van der Waals surface area contributed by atoms with Crippen molar-refractivity contribution in [2.24, 2.45) is 0 Å². The third-order valence-corrected chi connectivity index (χ3v) is 5.15. The Morgan fingerprint density at radius 1 is 1.25 bits per heavy atom. The van der Waals surface area contributed by atoms with E-state index in [4.69, 9.17) is 16.3 Å². The van der Waals surface area contributed by atoms with Crippen LogP contribution in [0.15, 0.2) is 48.5 Å². The molecule has 0 N–H and O–H groups in total. The topological polar surface area (TPSA) is 29.5 Å². The minimum absolute atomic E-state index is 0.0953. The Morgan fingerprint density at radius 3 is 2.62 bits per heavy atom. The third kappa shape index (κ3) is 5.18. The van der Waals surface area contributed by atoms with E-state index in [9.17, 15) is 4.79 Å². The molecule has 0 radical (unpaired) electrons. The van der Waals surface area contributed by atoms with Crippen molar-refractivity contribution < 1.29 is 9.53 Å². The lowest BCUT2D eigenvalue weighted by Gasteiger charge is -2.22. The average Bonchev–Trinajstić information content (AvgIpc) is 2.60. The number of benzene rings is 2. The molecule has 1 amide bonds. The molecule has 0 fully saturated rings. The summed E-state index contributed by atoms with van der Waals surface area (Å²) in [6, 6.07) is 15.6. The molecule has 0 aliphatic carbocycles. The Labute approximate surface area is 153 Å². The van der Waals surface area contributed by atoms with Crippen LogP contribution in [0.25, 0.3) is 0 Å². The van der Waals surface area contributed by atoms with Crippen molar-refractivity contribution in [1.29, 1.82) is 0 Å². The first-order valence-corrected chi connectivity index (χ1v) is 9.17. The van der Waals surface area contributed by atoms with Crippen LogP contribution in [-0.2, 0) is 17.1 Å². The van der Waals surface area contributed by atoms with Crippen molar-refractivity contribution in [2.45, 2.75) is 24.5 Å². The highest BCUT2D eigenvalue weighted by molar-refractivity contribution is 7.99.